The first-order chi connectivity index (χ1) is 7.29. The molecular weight excluding hydrogens is 238 g/mol. The molecule has 0 aromatic carbocycles. The number of rotatable bonds is 4. The van der Waals surface area contributed by atoms with Crippen molar-refractivity contribution in [2.24, 2.45) is 5.92 Å². The molecule has 92 valence electrons. The maximum absolute atomic E-state index is 6.00. The molecule has 0 saturated heterocycles. The van der Waals surface area contributed by atoms with Gasteiger partial charge in [0.2, 0.25) is 0 Å². The van der Waals surface area contributed by atoms with Crippen LogP contribution in [0.5, 0.6) is 0 Å². The van der Waals surface area contributed by atoms with E-state index in [4.69, 9.17) is 16.6 Å². The van der Waals surface area contributed by atoms with Gasteiger partial charge in [-0.15, -0.1) is 22.9 Å². The number of thiazole rings is 1. The van der Waals surface area contributed by atoms with Crippen LogP contribution in [0, 0.1) is 5.92 Å². The smallest absolute Gasteiger partial charge is 0.0931 e. The van der Waals surface area contributed by atoms with E-state index < -0.39 is 0 Å². The lowest BCUT2D eigenvalue weighted by Crippen LogP contribution is -2.12. The Morgan fingerprint density at radius 3 is 2.44 bits per heavy atom. The summed E-state index contributed by atoms with van der Waals surface area (Å²) in [4.78, 5) is 4.70. The van der Waals surface area contributed by atoms with Crippen molar-refractivity contribution in [1.29, 1.82) is 0 Å². The molecule has 1 nitrogen and oxygen atoms in total. The molecule has 16 heavy (non-hydrogen) atoms. The van der Waals surface area contributed by atoms with Crippen LogP contribution in [0.1, 0.15) is 51.7 Å². The molecule has 0 aliphatic heterocycles. The van der Waals surface area contributed by atoms with E-state index >= 15 is 0 Å². The van der Waals surface area contributed by atoms with Crippen molar-refractivity contribution in [3.8, 4) is 0 Å². The molecule has 1 heterocycles. The number of halogens is 1. The highest BCUT2D eigenvalue weighted by atomic mass is 35.5. The first-order valence-corrected chi connectivity index (χ1v) is 7.19. The lowest BCUT2D eigenvalue weighted by Gasteiger charge is -2.14. The maximum Gasteiger partial charge on any atom is 0.0931 e. The molecule has 1 aromatic rings. The lowest BCUT2D eigenvalue weighted by atomic mass is 9.93. The van der Waals surface area contributed by atoms with Crippen LogP contribution in [0.4, 0.5) is 0 Å². The van der Waals surface area contributed by atoms with Crippen molar-refractivity contribution in [2.45, 2.75) is 58.3 Å². The third kappa shape index (κ3) is 4.42. The Morgan fingerprint density at radius 1 is 1.38 bits per heavy atom. The van der Waals surface area contributed by atoms with E-state index in [-0.39, 0.29) is 10.8 Å². The second-order valence-electron chi connectivity index (χ2n) is 5.70. The van der Waals surface area contributed by atoms with Crippen LogP contribution in [0.25, 0.3) is 0 Å². The molecule has 0 saturated carbocycles. The zero-order chi connectivity index (χ0) is 12.3. The predicted molar refractivity (Wildman–Crippen MR) is 73.6 cm³/mol. The zero-order valence-corrected chi connectivity index (χ0v) is 12.5. The zero-order valence-electron chi connectivity index (χ0n) is 10.9. The first kappa shape index (κ1) is 14.0. The van der Waals surface area contributed by atoms with E-state index in [1.54, 1.807) is 11.3 Å². The van der Waals surface area contributed by atoms with Gasteiger partial charge in [-0.1, -0.05) is 27.7 Å². The molecule has 3 heteroatoms. The van der Waals surface area contributed by atoms with Crippen LogP contribution in [-0.2, 0) is 11.8 Å². The van der Waals surface area contributed by atoms with E-state index in [9.17, 15) is 0 Å². The molecule has 2 atom stereocenters. The van der Waals surface area contributed by atoms with Crippen LogP contribution < -0.4 is 0 Å². The van der Waals surface area contributed by atoms with Gasteiger partial charge >= 0.3 is 0 Å². The van der Waals surface area contributed by atoms with Crippen molar-refractivity contribution in [1.82, 2.24) is 4.98 Å². The minimum absolute atomic E-state index is 0.164. The van der Waals surface area contributed by atoms with Gasteiger partial charge in [0.05, 0.1) is 10.7 Å². The number of aromatic nitrogens is 1. The molecular formula is C13H22ClNS. The second-order valence-corrected chi connectivity index (χ2v) is 7.39. The molecule has 0 aliphatic rings. The molecule has 0 aliphatic carbocycles. The fourth-order valence-corrected chi connectivity index (χ4v) is 3.17. The maximum atomic E-state index is 6.00. The second kappa shape index (κ2) is 5.50. The molecule has 2 unspecified atom stereocenters. The van der Waals surface area contributed by atoms with Gasteiger partial charge in [0.15, 0.2) is 0 Å². The summed E-state index contributed by atoms with van der Waals surface area (Å²) in [5, 5.41) is 3.69. The van der Waals surface area contributed by atoms with Crippen molar-refractivity contribution >= 4 is 22.9 Å². The van der Waals surface area contributed by atoms with Gasteiger partial charge in [-0.25, -0.2) is 4.98 Å². The number of alkyl halides is 1. The van der Waals surface area contributed by atoms with Crippen molar-refractivity contribution in [3.05, 3.63) is 16.1 Å². The van der Waals surface area contributed by atoms with E-state index in [1.807, 2.05) is 0 Å². The third-order valence-electron chi connectivity index (χ3n) is 2.57. The average molecular weight is 260 g/mol. The highest BCUT2D eigenvalue weighted by Crippen LogP contribution is 2.26. The van der Waals surface area contributed by atoms with E-state index in [0.717, 1.165) is 12.8 Å². The van der Waals surface area contributed by atoms with E-state index in [0.29, 0.717) is 5.92 Å². The molecule has 0 bridgehead atoms. The number of hydrogen-bond donors (Lipinski definition) is 0. The van der Waals surface area contributed by atoms with Gasteiger partial charge in [0.25, 0.3) is 0 Å². The highest BCUT2D eigenvalue weighted by molar-refractivity contribution is 7.09. The fraction of sp³-hybridized carbons (Fsp3) is 0.769. The Kier molecular flexibility index (Phi) is 4.81. The van der Waals surface area contributed by atoms with Crippen LogP contribution in [0.3, 0.4) is 0 Å². The van der Waals surface area contributed by atoms with Gasteiger partial charge in [-0.2, -0.15) is 0 Å². The van der Waals surface area contributed by atoms with Gasteiger partial charge in [-0.3, -0.25) is 0 Å². The quantitative estimate of drug-likeness (QED) is 0.718. The summed E-state index contributed by atoms with van der Waals surface area (Å²) < 4.78 is 0. The third-order valence-corrected chi connectivity index (χ3v) is 3.62. The van der Waals surface area contributed by atoms with Crippen LogP contribution in [0.15, 0.2) is 5.38 Å². The van der Waals surface area contributed by atoms with Crippen molar-refractivity contribution in [2.75, 3.05) is 0 Å². The number of hydrogen-bond acceptors (Lipinski definition) is 2. The summed E-state index contributed by atoms with van der Waals surface area (Å²) in [5.41, 5.74) is 1.37. The molecule has 0 N–H and O–H groups in total. The van der Waals surface area contributed by atoms with E-state index in [2.05, 4.69) is 40.0 Å². The summed E-state index contributed by atoms with van der Waals surface area (Å²) in [6, 6.07) is 0. The van der Waals surface area contributed by atoms with Gasteiger partial charge in [-0.05, 0) is 19.3 Å². The SMILES string of the molecule is CC(Cl)CC(C)Cc1nc(C(C)(C)C)cs1. The Balaban J connectivity index is 2.59. The minimum Gasteiger partial charge on any atom is -0.246 e. The standard InChI is InChI=1S/C13H22ClNS/c1-9(6-10(2)14)7-12-15-11(8-16-12)13(3,4)5/h8-10H,6-7H2,1-5H3. The van der Waals surface area contributed by atoms with Crippen molar-refractivity contribution in [3.63, 3.8) is 0 Å². The Bertz CT molecular complexity index is 325. The first-order valence-electron chi connectivity index (χ1n) is 5.88. The molecule has 0 fully saturated rings. The molecule has 1 aromatic heterocycles. The predicted octanol–water partition coefficient (Wildman–Crippen LogP) is 4.64. The van der Waals surface area contributed by atoms with Crippen LogP contribution >= 0.6 is 22.9 Å². The topological polar surface area (TPSA) is 12.9 Å². The molecule has 0 spiro atoms. The molecule has 1 rings (SSSR count). The number of nitrogens with zero attached hydrogens (tertiary/aromatic N) is 1. The van der Waals surface area contributed by atoms with Crippen LogP contribution in [-0.4, -0.2) is 10.4 Å². The Labute approximate surface area is 108 Å². The monoisotopic (exact) mass is 259 g/mol. The fourth-order valence-electron chi connectivity index (χ4n) is 1.69. The molecule has 0 amide bonds. The minimum atomic E-state index is 0.164. The largest absolute Gasteiger partial charge is 0.246 e. The summed E-state index contributed by atoms with van der Waals surface area (Å²) in [6.45, 7) is 10.9. The summed E-state index contributed by atoms with van der Waals surface area (Å²) in [7, 11) is 0. The van der Waals surface area contributed by atoms with Gasteiger partial charge < -0.3 is 0 Å². The average Bonchev–Trinajstić information content (AvgIpc) is 2.49. The Morgan fingerprint density at radius 2 is 2.00 bits per heavy atom. The lowest BCUT2D eigenvalue weighted by molar-refractivity contribution is 0.519. The molecule has 0 radical (unpaired) electrons. The van der Waals surface area contributed by atoms with E-state index in [1.165, 1.54) is 10.7 Å². The van der Waals surface area contributed by atoms with Crippen molar-refractivity contribution < 1.29 is 0 Å². The van der Waals surface area contributed by atoms with Gasteiger partial charge in [0, 0.05) is 22.6 Å². The summed E-state index contributed by atoms with van der Waals surface area (Å²) in [6.07, 6.45) is 2.11. The normalized spacial score (nSPS) is 16.1. The summed E-state index contributed by atoms with van der Waals surface area (Å²) >= 11 is 7.78. The van der Waals surface area contributed by atoms with Gasteiger partial charge in [0.1, 0.15) is 0 Å². The highest BCUT2D eigenvalue weighted by Gasteiger charge is 2.18. The van der Waals surface area contributed by atoms with Crippen LogP contribution in [0.2, 0.25) is 0 Å². The summed E-state index contributed by atoms with van der Waals surface area (Å²) in [5.74, 6) is 0.617. The Hall–Kier alpha value is -0.0800.